The number of likely N-dealkylation sites (tertiary alicyclic amines) is 1. The van der Waals surface area contributed by atoms with Gasteiger partial charge in [0.05, 0.1) is 6.10 Å². The monoisotopic (exact) mass is 302 g/mol. The Kier molecular flexibility index (Phi) is 5.51. The summed E-state index contributed by atoms with van der Waals surface area (Å²) in [7, 11) is 0. The van der Waals surface area contributed by atoms with Crippen LogP contribution in [0.1, 0.15) is 55.8 Å². The Morgan fingerprint density at radius 3 is 2.36 bits per heavy atom. The Morgan fingerprint density at radius 2 is 1.73 bits per heavy atom. The lowest BCUT2D eigenvalue weighted by molar-refractivity contribution is 0.129. The van der Waals surface area contributed by atoms with E-state index in [1.54, 1.807) is 0 Å². The maximum absolute atomic E-state index is 10.3. The van der Waals surface area contributed by atoms with E-state index in [-0.39, 0.29) is 0 Å². The second kappa shape index (κ2) is 7.58. The van der Waals surface area contributed by atoms with Crippen LogP contribution < -0.4 is 5.32 Å². The molecular formula is C19H30N2O. The number of rotatable bonds is 5. The van der Waals surface area contributed by atoms with E-state index in [1.165, 1.54) is 57.2 Å². The fourth-order valence-corrected chi connectivity index (χ4v) is 3.92. The van der Waals surface area contributed by atoms with E-state index >= 15 is 0 Å². The minimum Gasteiger partial charge on any atom is -0.387 e. The van der Waals surface area contributed by atoms with Crippen molar-refractivity contribution >= 4 is 0 Å². The summed E-state index contributed by atoms with van der Waals surface area (Å²) < 4.78 is 0. The molecule has 1 aliphatic heterocycles. The van der Waals surface area contributed by atoms with E-state index in [2.05, 4.69) is 29.3 Å². The van der Waals surface area contributed by atoms with Crippen LogP contribution in [-0.2, 0) is 0 Å². The molecule has 1 saturated carbocycles. The molecule has 1 unspecified atom stereocenters. The quantitative estimate of drug-likeness (QED) is 0.877. The maximum Gasteiger partial charge on any atom is 0.0914 e. The van der Waals surface area contributed by atoms with Gasteiger partial charge in [-0.15, -0.1) is 0 Å². The third kappa shape index (κ3) is 4.09. The van der Waals surface area contributed by atoms with Crippen molar-refractivity contribution in [1.82, 2.24) is 10.2 Å². The van der Waals surface area contributed by atoms with Crippen molar-refractivity contribution in [3.63, 3.8) is 0 Å². The van der Waals surface area contributed by atoms with Crippen LogP contribution in [0.4, 0.5) is 0 Å². The molecule has 0 bridgehead atoms. The lowest BCUT2D eigenvalue weighted by Crippen LogP contribution is -2.46. The summed E-state index contributed by atoms with van der Waals surface area (Å²) in [6.45, 7) is 5.19. The molecule has 2 N–H and O–H groups in total. The number of piperidine rings is 1. The first-order valence-electron chi connectivity index (χ1n) is 8.94. The van der Waals surface area contributed by atoms with Crippen LogP contribution in [-0.4, -0.2) is 41.7 Å². The van der Waals surface area contributed by atoms with Gasteiger partial charge in [0.1, 0.15) is 0 Å². The molecule has 1 aromatic carbocycles. The average molecular weight is 302 g/mol. The summed E-state index contributed by atoms with van der Waals surface area (Å²) in [5.41, 5.74) is 2.25. The average Bonchev–Trinajstić information content (AvgIpc) is 3.08. The molecule has 0 spiro atoms. The molecule has 0 radical (unpaired) electrons. The van der Waals surface area contributed by atoms with Gasteiger partial charge in [-0.3, -0.25) is 0 Å². The van der Waals surface area contributed by atoms with Gasteiger partial charge >= 0.3 is 0 Å². The van der Waals surface area contributed by atoms with E-state index in [0.717, 1.165) is 11.6 Å². The van der Waals surface area contributed by atoms with Crippen molar-refractivity contribution in [1.29, 1.82) is 0 Å². The molecule has 1 aliphatic carbocycles. The number of nitrogens with one attached hydrogen (secondary N) is 1. The zero-order valence-corrected chi connectivity index (χ0v) is 13.8. The smallest absolute Gasteiger partial charge is 0.0914 e. The highest BCUT2D eigenvalue weighted by Gasteiger charge is 2.27. The Balaban J connectivity index is 1.40. The lowest BCUT2D eigenvalue weighted by atomic mass is 10.0. The van der Waals surface area contributed by atoms with Gasteiger partial charge in [-0.1, -0.05) is 42.7 Å². The largest absolute Gasteiger partial charge is 0.387 e. The van der Waals surface area contributed by atoms with Gasteiger partial charge in [-0.25, -0.2) is 0 Å². The second-order valence-corrected chi connectivity index (χ2v) is 7.08. The van der Waals surface area contributed by atoms with E-state index in [4.69, 9.17) is 0 Å². The molecule has 2 aliphatic rings. The maximum atomic E-state index is 10.3. The minimum absolute atomic E-state index is 0.395. The van der Waals surface area contributed by atoms with Crippen LogP contribution in [0, 0.1) is 6.92 Å². The molecule has 1 aromatic rings. The Labute approximate surface area is 134 Å². The van der Waals surface area contributed by atoms with Gasteiger partial charge in [0.25, 0.3) is 0 Å². The third-order valence-electron chi connectivity index (χ3n) is 5.43. The highest BCUT2D eigenvalue weighted by atomic mass is 16.3. The molecule has 0 aromatic heterocycles. The molecule has 3 nitrogen and oxygen atoms in total. The van der Waals surface area contributed by atoms with E-state index in [9.17, 15) is 5.11 Å². The van der Waals surface area contributed by atoms with Gasteiger partial charge in [0.15, 0.2) is 0 Å². The van der Waals surface area contributed by atoms with Crippen LogP contribution in [0.2, 0.25) is 0 Å². The number of aliphatic hydroxyl groups is 1. The van der Waals surface area contributed by atoms with Crippen LogP contribution in [0.5, 0.6) is 0 Å². The normalized spacial score (nSPS) is 23.0. The fourth-order valence-electron chi connectivity index (χ4n) is 3.92. The van der Waals surface area contributed by atoms with Gasteiger partial charge in [-0.05, 0) is 51.3 Å². The molecule has 22 heavy (non-hydrogen) atoms. The number of hydrogen-bond acceptors (Lipinski definition) is 3. The zero-order chi connectivity index (χ0) is 15.4. The van der Waals surface area contributed by atoms with Crippen LogP contribution in [0.3, 0.4) is 0 Å². The SMILES string of the molecule is Cc1ccc(C(O)CNC2CCN(C3CCCC3)CC2)cc1. The molecule has 1 heterocycles. The predicted octanol–water partition coefficient (Wildman–Crippen LogP) is 3.03. The van der Waals surface area contributed by atoms with Crippen molar-refractivity contribution in [3.05, 3.63) is 35.4 Å². The third-order valence-corrected chi connectivity index (χ3v) is 5.43. The first-order valence-corrected chi connectivity index (χ1v) is 8.94. The van der Waals surface area contributed by atoms with Gasteiger partial charge in [0.2, 0.25) is 0 Å². The van der Waals surface area contributed by atoms with Crippen molar-refractivity contribution in [3.8, 4) is 0 Å². The van der Waals surface area contributed by atoms with Crippen LogP contribution in [0.15, 0.2) is 24.3 Å². The predicted molar refractivity (Wildman–Crippen MR) is 91.0 cm³/mol. The topological polar surface area (TPSA) is 35.5 Å². The summed E-state index contributed by atoms with van der Waals surface area (Å²) >= 11 is 0. The van der Waals surface area contributed by atoms with E-state index in [0.29, 0.717) is 12.6 Å². The van der Waals surface area contributed by atoms with Crippen molar-refractivity contribution in [2.45, 2.75) is 63.6 Å². The molecule has 1 atom stereocenters. The van der Waals surface area contributed by atoms with Gasteiger partial charge in [-0.2, -0.15) is 0 Å². The molecule has 2 fully saturated rings. The second-order valence-electron chi connectivity index (χ2n) is 7.08. The first-order chi connectivity index (χ1) is 10.7. The summed E-state index contributed by atoms with van der Waals surface area (Å²) in [6, 6.07) is 9.63. The van der Waals surface area contributed by atoms with Crippen molar-refractivity contribution in [2.24, 2.45) is 0 Å². The van der Waals surface area contributed by atoms with E-state index < -0.39 is 6.10 Å². The number of nitrogens with zero attached hydrogens (tertiary/aromatic N) is 1. The van der Waals surface area contributed by atoms with Crippen molar-refractivity contribution in [2.75, 3.05) is 19.6 Å². The summed E-state index contributed by atoms with van der Waals surface area (Å²) in [6.07, 6.45) is 7.70. The first kappa shape index (κ1) is 16.0. The van der Waals surface area contributed by atoms with Crippen molar-refractivity contribution < 1.29 is 5.11 Å². The minimum atomic E-state index is -0.395. The molecular weight excluding hydrogens is 272 g/mol. The molecule has 122 valence electrons. The Hall–Kier alpha value is -0.900. The van der Waals surface area contributed by atoms with Gasteiger partial charge in [0, 0.05) is 18.6 Å². The number of aliphatic hydroxyl groups excluding tert-OH is 1. The Bertz CT molecular complexity index is 445. The molecule has 0 amide bonds. The summed E-state index contributed by atoms with van der Waals surface area (Å²) in [5, 5.41) is 13.9. The number of benzene rings is 1. The lowest BCUT2D eigenvalue weighted by Gasteiger charge is -2.36. The molecule has 1 saturated heterocycles. The standard InChI is InChI=1S/C19H30N2O/c1-15-6-8-16(9-7-15)19(22)14-20-17-10-12-21(13-11-17)18-4-2-3-5-18/h6-9,17-20,22H,2-5,10-14H2,1H3. The van der Waals surface area contributed by atoms with E-state index in [1.807, 2.05) is 12.1 Å². The highest BCUT2D eigenvalue weighted by Crippen LogP contribution is 2.26. The highest BCUT2D eigenvalue weighted by molar-refractivity contribution is 5.23. The Morgan fingerprint density at radius 1 is 1.09 bits per heavy atom. The summed E-state index contributed by atoms with van der Waals surface area (Å²) in [5.74, 6) is 0. The van der Waals surface area contributed by atoms with Crippen LogP contribution >= 0.6 is 0 Å². The zero-order valence-electron chi connectivity index (χ0n) is 13.8. The molecule has 3 heteroatoms. The fraction of sp³-hybridized carbons (Fsp3) is 0.684. The van der Waals surface area contributed by atoms with Crippen LogP contribution in [0.25, 0.3) is 0 Å². The summed E-state index contributed by atoms with van der Waals surface area (Å²) in [4.78, 5) is 2.70. The van der Waals surface area contributed by atoms with Gasteiger partial charge < -0.3 is 15.3 Å². The molecule has 3 rings (SSSR count). The number of hydrogen-bond donors (Lipinski definition) is 2. The number of aryl methyl sites for hydroxylation is 1.